The first kappa shape index (κ1) is 15.4. The molecule has 0 spiro atoms. The minimum atomic E-state index is 0.171. The van der Waals surface area contributed by atoms with Crippen LogP contribution in [0, 0.1) is 0 Å². The number of aromatic nitrogens is 2. The fourth-order valence-electron chi connectivity index (χ4n) is 3.09. The Morgan fingerprint density at radius 1 is 1.18 bits per heavy atom. The number of nitrogens with zero attached hydrogens (tertiary/aromatic N) is 5. The van der Waals surface area contributed by atoms with Gasteiger partial charge in [0.1, 0.15) is 0 Å². The summed E-state index contributed by atoms with van der Waals surface area (Å²) >= 11 is 5.91. The van der Waals surface area contributed by atoms with Gasteiger partial charge in [-0.15, -0.1) is 0 Å². The van der Waals surface area contributed by atoms with E-state index in [2.05, 4.69) is 17.0 Å². The predicted molar refractivity (Wildman–Crippen MR) is 86.0 cm³/mol. The van der Waals surface area contributed by atoms with E-state index in [-0.39, 0.29) is 12.1 Å². The van der Waals surface area contributed by atoms with Crippen LogP contribution in [0.25, 0.3) is 0 Å². The van der Waals surface area contributed by atoms with Gasteiger partial charge in [-0.25, -0.2) is 4.79 Å². The van der Waals surface area contributed by atoms with E-state index in [1.165, 1.54) is 0 Å². The van der Waals surface area contributed by atoms with Crippen molar-refractivity contribution >= 4 is 23.3 Å². The van der Waals surface area contributed by atoms with Crippen molar-refractivity contribution in [2.24, 2.45) is 0 Å². The quantitative estimate of drug-likeness (QED) is 0.839. The normalized spacial score (nSPS) is 21.4. The van der Waals surface area contributed by atoms with E-state index in [9.17, 15) is 4.79 Å². The summed E-state index contributed by atoms with van der Waals surface area (Å²) in [4.78, 5) is 18.7. The van der Waals surface area contributed by atoms with Crippen molar-refractivity contribution in [1.29, 1.82) is 0 Å². The highest BCUT2D eigenvalue weighted by molar-refractivity contribution is 6.31. The van der Waals surface area contributed by atoms with Gasteiger partial charge in [-0.2, -0.15) is 5.10 Å². The number of carbonyl (C=O) groups is 1. The van der Waals surface area contributed by atoms with Crippen LogP contribution < -0.4 is 5.73 Å². The van der Waals surface area contributed by atoms with Gasteiger partial charge in [0.15, 0.2) is 5.15 Å². The van der Waals surface area contributed by atoms with Crippen LogP contribution in [0.5, 0.6) is 0 Å². The molecular weight excluding hydrogens is 304 g/mol. The first-order chi connectivity index (χ1) is 10.5. The van der Waals surface area contributed by atoms with Crippen LogP contribution in [0.1, 0.15) is 18.9 Å². The van der Waals surface area contributed by atoms with Gasteiger partial charge in [-0.1, -0.05) is 11.6 Å². The maximum atomic E-state index is 12.5. The second-order valence-electron chi connectivity index (χ2n) is 6.15. The first-order valence-corrected chi connectivity index (χ1v) is 8.15. The average Bonchev–Trinajstić information content (AvgIpc) is 2.87. The third-order valence-corrected chi connectivity index (χ3v) is 4.89. The van der Waals surface area contributed by atoms with Gasteiger partial charge in [0.05, 0.1) is 11.7 Å². The van der Waals surface area contributed by atoms with E-state index < -0.39 is 0 Å². The molecule has 7 nitrogen and oxygen atoms in total. The number of halogens is 1. The van der Waals surface area contributed by atoms with Crippen LogP contribution in [0.4, 0.5) is 10.5 Å². The lowest BCUT2D eigenvalue weighted by atomic mass is 10.1. The molecule has 22 heavy (non-hydrogen) atoms. The van der Waals surface area contributed by atoms with Crippen molar-refractivity contribution in [3.8, 4) is 0 Å². The second kappa shape index (κ2) is 6.34. The lowest BCUT2D eigenvalue weighted by molar-refractivity contribution is 0.108. The number of hydrogen-bond donors (Lipinski definition) is 1. The number of hydrogen-bond acceptors (Lipinski definition) is 4. The molecule has 1 aromatic rings. The highest BCUT2D eigenvalue weighted by Crippen LogP contribution is 2.26. The zero-order chi connectivity index (χ0) is 15.7. The lowest BCUT2D eigenvalue weighted by Gasteiger charge is -2.38. The minimum Gasteiger partial charge on any atom is -0.395 e. The fraction of sp³-hybridized carbons (Fsp3) is 0.714. The molecule has 122 valence electrons. The van der Waals surface area contributed by atoms with Gasteiger partial charge < -0.3 is 20.4 Å². The molecule has 0 unspecified atom stereocenters. The number of nitrogen functional groups attached to an aromatic ring is 1. The van der Waals surface area contributed by atoms with E-state index in [1.54, 1.807) is 6.20 Å². The average molecular weight is 327 g/mol. The summed E-state index contributed by atoms with van der Waals surface area (Å²) in [5.41, 5.74) is 6.25. The molecule has 0 aromatic carbocycles. The second-order valence-corrected chi connectivity index (χ2v) is 6.50. The molecule has 0 saturated carbocycles. The molecule has 2 aliphatic rings. The van der Waals surface area contributed by atoms with Crippen molar-refractivity contribution in [1.82, 2.24) is 24.5 Å². The van der Waals surface area contributed by atoms with Crippen LogP contribution in [-0.2, 0) is 0 Å². The summed E-state index contributed by atoms with van der Waals surface area (Å²) < 4.78 is 1.84. The highest BCUT2D eigenvalue weighted by atomic mass is 35.5. The molecule has 2 N–H and O–H groups in total. The standard InChI is InChI=1S/C14H23ClN6O/c1-18-6-8-20(9-7-18)14(22)19-4-2-11(3-5-19)21-10-12(16)13(15)17-21/h10-11H,2-9,16H2,1H3. The van der Waals surface area contributed by atoms with Gasteiger partial charge in [0.2, 0.25) is 0 Å². The van der Waals surface area contributed by atoms with Gasteiger partial charge >= 0.3 is 6.03 Å². The van der Waals surface area contributed by atoms with Gasteiger partial charge in [-0.05, 0) is 19.9 Å². The Labute approximate surface area is 135 Å². The van der Waals surface area contributed by atoms with Crippen molar-refractivity contribution in [2.75, 3.05) is 52.0 Å². The van der Waals surface area contributed by atoms with E-state index in [1.807, 2.05) is 14.5 Å². The molecule has 0 aliphatic carbocycles. The fourth-order valence-corrected chi connectivity index (χ4v) is 3.23. The van der Waals surface area contributed by atoms with E-state index >= 15 is 0 Å². The molecule has 0 atom stereocenters. The molecule has 3 rings (SSSR count). The number of anilines is 1. The smallest absolute Gasteiger partial charge is 0.320 e. The number of carbonyl (C=O) groups excluding carboxylic acids is 1. The predicted octanol–water partition coefficient (Wildman–Crippen LogP) is 1.12. The Morgan fingerprint density at radius 3 is 2.32 bits per heavy atom. The molecule has 0 radical (unpaired) electrons. The molecule has 2 saturated heterocycles. The number of nitrogens with two attached hydrogens (primary N) is 1. The number of likely N-dealkylation sites (N-methyl/N-ethyl adjacent to an activating group) is 1. The Kier molecular flexibility index (Phi) is 4.44. The molecule has 2 amide bonds. The summed E-state index contributed by atoms with van der Waals surface area (Å²) in [5, 5.41) is 4.60. The molecule has 0 bridgehead atoms. The zero-order valence-electron chi connectivity index (χ0n) is 12.9. The van der Waals surface area contributed by atoms with Crippen LogP contribution >= 0.6 is 11.6 Å². The van der Waals surface area contributed by atoms with Crippen molar-refractivity contribution < 1.29 is 4.79 Å². The third kappa shape index (κ3) is 3.15. The lowest BCUT2D eigenvalue weighted by Crippen LogP contribution is -2.53. The molecule has 2 aliphatic heterocycles. The Bertz CT molecular complexity index is 512. The van der Waals surface area contributed by atoms with Gasteiger partial charge in [0, 0.05) is 45.5 Å². The number of urea groups is 1. The zero-order valence-corrected chi connectivity index (χ0v) is 13.7. The maximum absolute atomic E-state index is 12.5. The van der Waals surface area contributed by atoms with Crippen LogP contribution in [0.3, 0.4) is 0 Å². The Hall–Kier alpha value is -1.47. The number of amides is 2. The molecule has 2 fully saturated rings. The number of piperidine rings is 1. The summed E-state index contributed by atoms with van der Waals surface area (Å²) in [6, 6.07) is 0.441. The summed E-state index contributed by atoms with van der Waals surface area (Å²) in [7, 11) is 2.09. The number of piperazine rings is 1. The monoisotopic (exact) mass is 326 g/mol. The van der Waals surface area contributed by atoms with Gasteiger partial charge in [0.25, 0.3) is 0 Å². The highest BCUT2D eigenvalue weighted by Gasteiger charge is 2.28. The third-order valence-electron chi connectivity index (χ3n) is 4.60. The van der Waals surface area contributed by atoms with Crippen molar-refractivity contribution in [3.63, 3.8) is 0 Å². The van der Waals surface area contributed by atoms with Crippen molar-refractivity contribution in [3.05, 3.63) is 11.3 Å². The molecule has 3 heterocycles. The topological polar surface area (TPSA) is 70.6 Å². The van der Waals surface area contributed by atoms with E-state index in [0.29, 0.717) is 10.8 Å². The summed E-state index contributed by atoms with van der Waals surface area (Å²) in [6.07, 6.45) is 3.55. The minimum absolute atomic E-state index is 0.171. The van der Waals surface area contributed by atoms with Crippen LogP contribution in [-0.4, -0.2) is 76.8 Å². The van der Waals surface area contributed by atoms with E-state index in [4.69, 9.17) is 17.3 Å². The molecule has 1 aromatic heterocycles. The summed E-state index contributed by atoms with van der Waals surface area (Å²) in [6.45, 7) is 5.06. The summed E-state index contributed by atoms with van der Waals surface area (Å²) in [5.74, 6) is 0. The Balaban J connectivity index is 1.54. The van der Waals surface area contributed by atoms with Crippen molar-refractivity contribution in [2.45, 2.75) is 18.9 Å². The number of likely N-dealkylation sites (tertiary alicyclic amines) is 1. The van der Waals surface area contributed by atoms with E-state index in [0.717, 1.165) is 52.1 Å². The van der Waals surface area contributed by atoms with Gasteiger partial charge in [-0.3, -0.25) is 4.68 Å². The molecule has 8 heteroatoms. The van der Waals surface area contributed by atoms with Crippen LogP contribution in [0.2, 0.25) is 5.15 Å². The number of rotatable bonds is 1. The Morgan fingerprint density at radius 2 is 1.77 bits per heavy atom. The first-order valence-electron chi connectivity index (χ1n) is 7.77. The largest absolute Gasteiger partial charge is 0.395 e. The SMILES string of the molecule is CN1CCN(C(=O)N2CCC(n3cc(N)c(Cl)n3)CC2)CC1. The maximum Gasteiger partial charge on any atom is 0.320 e. The molecular formula is C14H23ClN6O. The van der Waals surface area contributed by atoms with Crippen LogP contribution in [0.15, 0.2) is 6.20 Å².